The number of nitrogens with zero attached hydrogens (tertiary/aromatic N) is 4. The summed E-state index contributed by atoms with van der Waals surface area (Å²) in [6.45, 7) is 2.16. The Morgan fingerprint density at radius 2 is 2.00 bits per heavy atom. The molecule has 0 N–H and O–H groups in total. The first kappa shape index (κ1) is 22.5. The minimum absolute atomic E-state index is 0.142. The highest BCUT2D eigenvalue weighted by Crippen LogP contribution is 2.36. The van der Waals surface area contributed by atoms with Gasteiger partial charge in [0.15, 0.2) is 0 Å². The average Bonchev–Trinajstić information content (AvgIpc) is 3.28. The number of ether oxygens (including phenoxy) is 1. The van der Waals surface area contributed by atoms with Gasteiger partial charge in [-0.25, -0.2) is 4.98 Å². The average molecular weight is 477 g/mol. The maximum absolute atomic E-state index is 6.76. The van der Waals surface area contributed by atoms with Gasteiger partial charge in [0.25, 0.3) is 0 Å². The predicted octanol–water partition coefficient (Wildman–Crippen LogP) is 5.62. The number of benzene rings is 2. The summed E-state index contributed by atoms with van der Waals surface area (Å²) in [4.78, 5) is 17.1. The molecule has 5 nitrogen and oxygen atoms in total. The third-order valence-electron chi connectivity index (χ3n) is 5.93. The molecule has 0 spiro atoms. The minimum Gasteiger partial charge on any atom is -0.363 e. The van der Waals surface area contributed by atoms with Crippen molar-refractivity contribution in [2.75, 3.05) is 25.9 Å². The quantitative estimate of drug-likeness (QED) is 0.308. The van der Waals surface area contributed by atoms with Gasteiger partial charge in [0.2, 0.25) is 0 Å². The zero-order valence-electron chi connectivity index (χ0n) is 18.8. The number of para-hydroxylation sites is 1. The summed E-state index contributed by atoms with van der Waals surface area (Å²) in [7, 11) is 2.18. The number of thioether (sulfide) groups is 1. The number of piperidine rings is 1. The molecule has 1 fully saturated rings. The van der Waals surface area contributed by atoms with E-state index >= 15 is 0 Å². The number of likely N-dealkylation sites (tertiary alicyclic amines) is 1. The monoisotopic (exact) mass is 476 g/mol. The van der Waals surface area contributed by atoms with Gasteiger partial charge in [-0.15, -0.1) is 23.1 Å². The van der Waals surface area contributed by atoms with Gasteiger partial charge >= 0.3 is 0 Å². The van der Waals surface area contributed by atoms with Crippen molar-refractivity contribution in [1.29, 1.82) is 0 Å². The minimum atomic E-state index is -0.142. The number of thiazole rings is 1. The van der Waals surface area contributed by atoms with Crippen molar-refractivity contribution in [3.05, 3.63) is 83.4 Å². The molecular formula is C26H28N4OS2. The summed E-state index contributed by atoms with van der Waals surface area (Å²) < 4.78 is 7.97. The maximum Gasteiger partial charge on any atom is 0.134 e. The lowest BCUT2D eigenvalue weighted by Gasteiger charge is -2.31. The van der Waals surface area contributed by atoms with Gasteiger partial charge in [-0.2, -0.15) is 0 Å². The summed E-state index contributed by atoms with van der Waals surface area (Å²) in [5.41, 5.74) is 3.25. The zero-order valence-corrected chi connectivity index (χ0v) is 20.4. The van der Waals surface area contributed by atoms with Crippen molar-refractivity contribution in [3.8, 4) is 0 Å². The van der Waals surface area contributed by atoms with Gasteiger partial charge in [-0.1, -0.05) is 24.3 Å². The molecule has 3 heterocycles. The molecule has 1 aliphatic rings. The van der Waals surface area contributed by atoms with Crippen LogP contribution in [0.3, 0.4) is 0 Å². The Morgan fingerprint density at radius 1 is 1.12 bits per heavy atom. The Kier molecular flexibility index (Phi) is 7.31. The van der Waals surface area contributed by atoms with Crippen LogP contribution in [-0.4, -0.2) is 51.8 Å². The zero-order chi connectivity index (χ0) is 22.5. The summed E-state index contributed by atoms with van der Waals surface area (Å²) in [5.74, 6) is 0.962. The third-order valence-corrected chi connectivity index (χ3v) is 8.01. The third kappa shape index (κ3) is 5.79. The van der Waals surface area contributed by atoms with Gasteiger partial charge < -0.3 is 9.64 Å². The molecule has 0 saturated carbocycles. The van der Waals surface area contributed by atoms with Crippen LogP contribution in [0.15, 0.2) is 72.0 Å². The second-order valence-corrected chi connectivity index (χ2v) is 10.6. The number of hydrogen-bond acceptors (Lipinski definition) is 7. The normalized spacial score (nSPS) is 16.3. The number of rotatable bonds is 8. The van der Waals surface area contributed by atoms with Crippen molar-refractivity contribution in [2.45, 2.75) is 36.4 Å². The Hall–Kier alpha value is -2.32. The molecule has 0 radical (unpaired) electrons. The molecule has 1 unspecified atom stereocenters. The second-order valence-electron chi connectivity index (χ2n) is 8.41. The lowest BCUT2D eigenvalue weighted by molar-refractivity contribution is -0.0235. The van der Waals surface area contributed by atoms with Crippen LogP contribution in [-0.2, 0) is 11.2 Å². The fourth-order valence-corrected chi connectivity index (χ4v) is 6.07. The van der Waals surface area contributed by atoms with E-state index in [1.54, 1.807) is 23.7 Å². The van der Waals surface area contributed by atoms with Crippen molar-refractivity contribution < 1.29 is 4.74 Å². The van der Waals surface area contributed by atoms with Crippen LogP contribution in [0.1, 0.15) is 35.2 Å². The van der Waals surface area contributed by atoms with Crippen LogP contribution < -0.4 is 0 Å². The van der Waals surface area contributed by atoms with Gasteiger partial charge in [-0.05, 0) is 49.7 Å². The summed E-state index contributed by atoms with van der Waals surface area (Å²) in [6.07, 6.45) is 8.44. The summed E-state index contributed by atoms with van der Waals surface area (Å²) in [5, 5.41) is 1.04. The topological polar surface area (TPSA) is 51.1 Å². The molecule has 2 aromatic heterocycles. The molecule has 1 aliphatic heterocycles. The lowest BCUT2D eigenvalue weighted by atomic mass is 10.1. The molecule has 1 atom stereocenters. The molecule has 0 amide bonds. The van der Waals surface area contributed by atoms with Crippen LogP contribution >= 0.6 is 23.1 Å². The Morgan fingerprint density at radius 3 is 2.82 bits per heavy atom. The Labute approximate surface area is 203 Å². The summed E-state index contributed by atoms with van der Waals surface area (Å²) >= 11 is 3.59. The van der Waals surface area contributed by atoms with Gasteiger partial charge in [0.05, 0.1) is 22.0 Å². The largest absolute Gasteiger partial charge is 0.363 e. The van der Waals surface area contributed by atoms with E-state index in [-0.39, 0.29) is 12.2 Å². The molecular weight excluding hydrogens is 448 g/mol. The Bertz CT molecular complexity index is 1140. The molecule has 33 heavy (non-hydrogen) atoms. The van der Waals surface area contributed by atoms with E-state index in [1.807, 2.05) is 24.0 Å². The summed E-state index contributed by atoms with van der Waals surface area (Å²) in [6, 6.07) is 17.1. The predicted molar refractivity (Wildman–Crippen MR) is 136 cm³/mol. The highest BCUT2D eigenvalue weighted by molar-refractivity contribution is 7.99. The van der Waals surface area contributed by atoms with Crippen molar-refractivity contribution >= 4 is 33.3 Å². The van der Waals surface area contributed by atoms with E-state index in [2.05, 4.69) is 64.4 Å². The molecule has 170 valence electrons. The van der Waals surface area contributed by atoms with Crippen molar-refractivity contribution in [2.24, 2.45) is 0 Å². The molecule has 0 bridgehead atoms. The standard InChI is InChI=1S/C26H28N4OS2/c1-30-14-9-21(10-15-30)31-25(26-29-23-7-2-3-8-24(23)33-26)19-5-4-6-22(17-19)32-16-11-20-18-27-12-13-28-20/h2-8,12-13,17-18,21,25H,9-11,14-16H2,1H3. The van der Waals surface area contributed by atoms with Gasteiger partial charge in [0.1, 0.15) is 11.1 Å². The van der Waals surface area contributed by atoms with E-state index in [0.717, 1.165) is 54.3 Å². The maximum atomic E-state index is 6.76. The second kappa shape index (κ2) is 10.7. The SMILES string of the molecule is CN1CCC(OC(c2cccc(SCCc3cnccn3)c2)c2nc3ccccc3s2)CC1. The fourth-order valence-electron chi connectivity index (χ4n) is 4.09. The molecule has 1 saturated heterocycles. The van der Waals surface area contributed by atoms with Gasteiger partial charge in [-0.3, -0.25) is 9.97 Å². The number of fused-ring (bicyclic) bond motifs is 1. The van der Waals surface area contributed by atoms with Crippen LogP contribution in [0.25, 0.3) is 10.2 Å². The highest BCUT2D eigenvalue weighted by atomic mass is 32.2. The number of aryl methyl sites for hydroxylation is 1. The first-order valence-corrected chi connectivity index (χ1v) is 13.2. The molecule has 0 aliphatic carbocycles. The number of hydrogen-bond donors (Lipinski definition) is 0. The van der Waals surface area contributed by atoms with Crippen molar-refractivity contribution in [3.63, 3.8) is 0 Å². The van der Waals surface area contributed by atoms with Crippen LogP contribution in [0.5, 0.6) is 0 Å². The molecule has 7 heteroatoms. The van der Waals surface area contributed by atoms with Crippen LogP contribution in [0.4, 0.5) is 0 Å². The van der Waals surface area contributed by atoms with Crippen LogP contribution in [0, 0.1) is 0 Å². The molecule has 4 aromatic rings. The number of aromatic nitrogens is 3. The van der Waals surface area contributed by atoms with E-state index in [0.29, 0.717) is 0 Å². The van der Waals surface area contributed by atoms with Crippen LogP contribution in [0.2, 0.25) is 0 Å². The van der Waals surface area contributed by atoms with E-state index in [1.165, 1.54) is 15.2 Å². The fraction of sp³-hybridized carbons (Fsp3) is 0.346. The molecule has 5 rings (SSSR count). The smallest absolute Gasteiger partial charge is 0.134 e. The first-order valence-electron chi connectivity index (χ1n) is 11.4. The molecule has 2 aromatic carbocycles. The van der Waals surface area contributed by atoms with Crippen molar-refractivity contribution in [1.82, 2.24) is 19.9 Å². The lowest BCUT2D eigenvalue weighted by Crippen LogP contribution is -2.35. The van der Waals surface area contributed by atoms with E-state index < -0.39 is 0 Å². The van der Waals surface area contributed by atoms with Gasteiger partial charge in [0, 0.05) is 48.7 Å². The first-order chi connectivity index (χ1) is 16.2. The Balaban J connectivity index is 1.36. The highest BCUT2D eigenvalue weighted by Gasteiger charge is 2.26. The van der Waals surface area contributed by atoms with E-state index in [9.17, 15) is 0 Å². The van der Waals surface area contributed by atoms with E-state index in [4.69, 9.17) is 9.72 Å².